The number of rotatable bonds is 6. The molecule has 2 aliphatic heterocycles. The van der Waals surface area contributed by atoms with Crippen LogP contribution in [0.25, 0.3) is 27.9 Å². The zero-order valence-corrected chi connectivity index (χ0v) is 19.4. The highest BCUT2D eigenvalue weighted by Gasteiger charge is 2.47. The Morgan fingerprint density at radius 2 is 2.03 bits per heavy atom. The van der Waals surface area contributed by atoms with Crippen molar-refractivity contribution in [1.82, 2.24) is 34.0 Å². The van der Waals surface area contributed by atoms with Crippen molar-refractivity contribution in [3.8, 4) is 11.3 Å². The molecule has 6 rings (SSSR count). The van der Waals surface area contributed by atoms with E-state index in [1.165, 1.54) is 15.3 Å². The average molecular weight is 504 g/mol. The molecule has 0 radical (unpaired) electrons. The molecule has 0 saturated carbocycles. The van der Waals surface area contributed by atoms with Crippen LogP contribution >= 0.6 is 0 Å². The molecule has 190 valence electrons. The molecule has 13 heteroatoms. The summed E-state index contributed by atoms with van der Waals surface area (Å²) < 4.78 is 63.9. The SMILES string of the molecule is Cc1nc2ccc(-c3ccn4nc(N[C@@H]5CCN(C6COC6)CC5(F)F)ncc34)nc2n1CC(F)F. The molecule has 0 bridgehead atoms. The van der Waals surface area contributed by atoms with Crippen molar-refractivity contribution in [1.29, 1.82) is 0 Å². The maximum atomic E-state index is 14.8. The second-order valence-electron chi connectivity index (χ2n) is 9.25. The first-order valence-corrected chi connectivity index (χ1v) is 11.7. The minimum Gasteiger partial charge on any atom is -0.378 e. The van der Waals surface area contributed by atoms with E-state index in [0.717, 1.165) is 0 Å². The molecule has 2 fully saturated rings. The molecule has 6 heterocycles. The normalized spacial score (nSPS) is 20.9. The summed E-state index contributed by atoms with van der Waals surface area (Å²) in [4.78, 5) is 14.9. The lowest BCUT2D eigenvalue weighted by Crippen LogP contribution is -2.61. The Morgan fingerprint density at radius 3 is 2.75 bits per heavy atom. The van der Waals surface area contributed by atoms with Gasteiger partial charge in [-0.25, -0.2) is 37.0 Å². The molecule has 0 unspecified atom stereocenters. The van der Waals surface area contributed by atoms with Gasteiger partial charge >= 0.3 is 0 Å². The molecular formula is C23H24F4N8O. The van der Waals surface area contributed by atoms with E-state index in [4.69, 9.17) is 4.74 Å². The number of aromatic nitrogens is 6. The molecule has 1 atom stereocenters. The van der Waals surface area contributed by atoms with Crippen molar-refractivity contribution in [2.75, 3.05) is 31.6 Å². The van der Waals surface area contributed by atoms with Gasteiger partial charge in [-0.1, -0.05) is 0 Å². The fourth-order valence-electron chi connectivity index (χ4n) is 4.85. The molecule has 4 aromatic heterocycles. The number of alkyl halides is 4. The third-order valence-corrected chi connectivity index (χ3v) is 6.87. The first-order valence-electron chi connectivity index (χ1n) is 11.7. The number of fused-ring (bicyclic) bond motifs is 2. The molecule has 9 nitrogen and oxygen atoms in total. The molecule has 0 amide bonds. The van der Waals surface area contributed by atoms with Crippen LogP contribution in [0.4, 0.5) is 23.5 Å². The van der Waals surface area contributed by atoms with Gasteiger partial charge in [-0.15, -0.1) is 5.10 Å². The number of hydrogen-bond acceptors (Lipinski definition) is 7. The number of piperidine rings is 1. The number of imidazole rings is 1. The summed E-state index contributed by atoms with van der Waals surface area (Å²) in [6.45, 7) is 2.39. The molecule has 0 aromatic carbocycles. The molecule has 0 aliphatic carbocycles. The molecule has 2 saturated heterocycles. The van der Waals surface area contributed by atoms with Crippen LogP contribution in [0.2, 0.25) is 0 Å². The Hall–Kier alpha value is -3.32. The van der Waals surface area contributed by atoms with Gasteiger partial charge in [0.1, 0.15) is 11.3 Å². The summed E-state index contributed by atoms with van der Waals surface area (Å²) in [5, 5.41) is 7.18. The topological polar surface area (TPSA) is 85.4 Å². The maximum absolute atomic E-state index is 14.8. The maximum Gasteiger partial charge on any atom is 0.280 e. The molecular weight excluding hydrogens is 480 g/mol. The third-order valence-electron chi connectivity index (χ3n) is 6.87. The van der Waals surface area contributed by atoms with Crippen LogP contribution in [-0.4, -0.2) is 84.8 Å². The third kappa shape index (κ3) is 4.05. The van der Waals surface area contributed by atoms with Crippen LogP contribution in [0.1, 0.15) is 12.2 Å². The van der Waals surface area contributed by atoms with Gasteiger partial charge in [0, 0.05) is 18.3 Å². The van der Waals surface area contributed by atoms with Gasteiger partial charge in [-0.05, 0) is 31.5 Å². The fourth-order valence-corrected chi connectivity index (χ4v) is 4.85. The van der Waals surface area contributed by atoms with E-state index in [0.29, 0.717) is 53.5 Å². The number of anilines is 1. The minimum absolute atomic E-state index is 0.0634. The molecule has 0 spiro atoms. The Balaban J connectivity index is 1.25. The lowest BCUT2D eigenvalue weighted by Gasteiger charge is -2.44. The van der Waals surface area contributed by atoms with Gasteiger partial charge in [0.25, 0.3) is 12.3 Å². The van der Waals surface area contributed by atoms with Crippen LogP contribution in [-0.2, 0) is 11.3 Å². The Labute approximate surface area is 203 Å². The zero-order chi connectivity index (χ0) is 25.0. The van der Waals surface area contributed by atoms with E-state index in [1.807, 2.05) is 0 Å². The second kappa shape index (κ2) is 8.66. The van der Waals surface area contributed by atoms with E-state index in [1.54, 1.807) is 36.2 Å². The number of halogens is 4. The minimum atomic E-state index is -2.94. The zero-order valence-electron chi connectivity index (χ0n) is 19.4. The largest absolute Gasteiger partial charge is 0.378 e. The summed E-state index contributed by atoms with van der Waals surface area (Å²) in [6.07, 6.45) is 0.949. The lowest BCUT2D eigenvalue weighted by atomic mass is 9.98. The summed E-state index contributed by atoms with van der Waals surface area (Å²) in [5.74, 6) is -2.38. The van der Waals surface area contributed by atoms with Gasteiger partial charge in [-0.2, -0.15) is 0 Å². The van der Waals surface area contributed by atoms with E-state index in [2.05, 4.69) is 25.4 Å². The van der Waals surface area contributed by atoms with Gasteiger partial charge < -0.3 is 14.6 Å². The van der Waals surface area contributed by atoms with Crippen LogP contribution in [0.5, 0.6) is 0 Å². The van der Waals surface area contributed by atoms with Crippen LogP contribution in [0.3, 0.4) is 0 Å². The quantitative estimate of drug-likeness (QED) is 0.404. The highest BCUT2D eigenvalue weighted by Crippen LogP contribution is 2.32. The van der Waals surface area contributed by atoms with Gasteiger partial charge in [-0.3, -0.25) is 4.90 Å². The monoisotopic (exact) mass is 504 g/mol. The Morgan fingerprint density at radius 1 is 1.19 bits per heavy atom. The smallest absolute Gasteiger partial charge is 0.280 e. The summed E-state index contributed by atoms with van der Waals surface area (Å²) in [7, 11) is 0. The van der Waals surface area contributed by atoms with Gasteiger partial charge in [0.05, 0.1) is 55.8 Å². The van der Waals surface area contributed by atoms with Crippen LogP contribution in [0.15, 0.2) is 30.6 Å². The van der Waals surface area contributed by atoms with Crippen molar-refractivity contribution < 1.29 is 22.3 Å². The van der Waals surface area contributed by atoms with Crippen molar-refractivity contribution in [2.45, 2.75) is 44.3 Å². The molecule has 4 aromatic rings. The van der Waals surface area contributed by atoms with E-state index < -0.39 is 24.9 Å². The second-order valence-corrected chi connectivity index (χ2v) is 9.25. The summed E-state index contributed by atoms with van der Waals surface area (Å²) in [6, 6.07) is 4.25. The Kier molecular flexibility index (Phi) is 5.56. The summed E-state index contributed by atoms with van der Waals surface area (Å²) in [5.41, 5.74) is 2.73. The van der Waals surface area contributed by atoms with Crippen molar-refractivity contribution in [3.63, 3.8) is 0 Å². The first-order chi connectivity index (χ1) is 17.3. The van der Waals surface area contributed by atoms with E-state index in [-0.39, 0.29) is 25.0 Å². The van der Waals surface area contributed by atoms with Gasteiger partial charge in [0.15, 0.2) is 5.65 Å². The van der Waals surface area contributed by atoms with Crippen LogP contribution < -0.4 is 5.32 Å². The average Bonchev–Trinajstić information content (AvgIpc) is 3.34. The summed E-state index contributed by atoms with van der Waals surface area (Å²) >= 11 is 0. The number of nitrogens with one attached hydrogen (secondary N) is 1. The number of hydrogen-bond donors (Lipinski definition) is 1. The van der Waals surface area contributed by atoms with Crippen molar-refractivity contribution in [3.05, 3.63) is 36.4 Å². The van der Waals surface area contributed by atoms with E-state index >= 15 is 0 Å². The number of nitrogens with zero attached hydrogens (tertiary/aromatic N) is 7. The molecule has 36 heavy (non-hydrogen) atoms. The molecule has 2 aliphatic rings. The highest BCUT2D eigenvalue weighted by molar-refractivity contribution is 5.82. The number of pyridine rings is 1. The number of likely N-dealkylation sites (tertiary alicyclic amines) is 1. The predicted octanol–water partition coefficient (Wildman–Crippen LogP) is 3.23. The molecule has 1 N–H and O–H groups in total. The van der Waals surface area contributed by atoms with Crippen molar-refractivity contribution in [2.24, 2.45) is 0 Å². The van der Waals surface area contributed by atoms with Gasteiger partial charge in [0.2, 0.25) is 5.95 Å². The van der Waals surface area contributed by atoms with E-state index in [9.17, 15) is 17.6 Å². The Bertz CT molecular complexity index is 1420. The first kappa shape index (κ1) is 23.1. The highest BCUT2D eigenvalue weighted by atomic mass is 19.3. The lowest BCUT2D eigenvalue weighted by molar-refractivity contribution is -0.131. The number of ether oxygens (including phenoxy) is 1. The van der Waals surface area contributed by atoms with Crippen LogP contribution in [0, 0.1) is 6.92 Å². The fraction of sp³-hybridized carbons (Fsp3) is 0.478. The standard InChI is InChI=1S/C23H24F4N8O/c1-13-29-17-3-2-16(30-21(17)34(13)9-20(24)25)15-4-7-35-18(15)8-28-22(32-35)31-19-5-6-33(12-23(19,26)27)14-10-36-11-14/h2-4,7-8,14,19-20H,5-6,9-12H2,1H3,(H,31,32)/t19-/m1/s1. The van der Waals surface area contributed by atoms with Crippen molar-refractivity contribution >= 4 is 22.6 Å². The predicted molar refractivity (Wildman–Crippen MR) is 123 cm³/mol. The number of aryl methyl sites for hydroxylation is 1.